The minimum Gasteiger partial charge on any atom is -0.478 e. The maximum atomic E-state index is 11.7. The number of nitriles is 1. The quantitative estimate of drug-likeness (QED) is 0.513. The number of aromatic amines is 1. The lowest BCUT2D eigenvalue weighted by atomic mass is 10.0. The zero-order valence-electron chi connectivity index (χ0n) is 17.3. The van der Waals surface area contributed by atoms with Crippen molar-refractivity contribution < 1.29 is 9.53 Å². The fourth-order valence-electron chi connectivity index (χ4n) is 2.78. The largest absolute Gasteiger partial charge is 0.478 e. The van der Waals surface area contributed by atoms with Gasteiger partial charge in [0, 0.05) is 29.1 Å². The van der Waals surface area contributed by atoms with Gasteiger partial charge in [-0.15, -0.1) is 0 Å². The zero-order valence-corrected chi connectivity index (χ0v) is 18.3. The van der Waals surface area contributed by atoms with Crippen molar-refractivity contribution in [2.45, 2.75) is 58.2 Å². The summed E-state index contributed by atoms with van der Waals surface area (Å²) in [6.45, 7) is 10.6. The molecule has 0 saturated carbocycles. The number of pyridine rings is 2. The molecule has 7 heteroatoms. The summed E-state index contributed by atoms with van der Waals surface area (Å²) < 4.78 is 5.72. The number of ether oxygens (including phenoxy) is 1. The van der Waals surface area contributed by atoms with Crippen LogP contribution < -0.4 is 10.3 Å². The molecule has 6 nitrogen and oxygen atoms in total. The summed E-state index contributed by atoms with van der Waals surface area (Å²) in [4.78, 5) is 29.0. The van der Waals surface area contributed by atoms with Gasteiger partial charge < -0.3 is 14.5 Å². The maximum Gasteiger partial charge on any atom is 0.266 e. The summed E-state index contributed by atoms with van der Waals surface area (Å²) in [6, 6.07) is 7.14. The topological polar surface area (TPSA) is 99.0 Å². The first kappa shape index (κ1) is 21.9. The molecule has 28 heavy (non-hydrogen) atoms. The lowest BCUT2D eigenvalue weighted by molar-refractivity contribution is 0.289. The molecule has 0 aliphatic heterocycles. The molecule has 0 fully saturated rings. The van der Waals surface area contributed by atoms with E-state index < -0.39 is 8.32 Å². The van der Waals surface area contributed by atoms with Gasteiger partial charge in [0.25, 0.3) is 5.56 Å². The summed E-state index contributed by atoms with van der Waals surface area (Å²) in [5.74, 6) is 0.544. The van der Waals surface area contributed by atoms with Crippen molar-refractivity contribution in [3.63, 3.8) is 0 Å². The van der Waals surface area contributed by atoms with Crippen LogP contribution in [0.3, 0.4) is 0 Å². The molecule has 0 aromatic carbocycles. The molecule has 0 bridgehead atoms. The smallest absolute Gasteiger partial charge is 0.266 e. The van der Waals surface area contributed by atoms with Gasteiger partial charge >= 0.3 is 0 Å². The molecule has 0 unspecified atom stereocenters. The zero-order chi connectivity index (χ0) is 20.9. The first-order valence-corrected chi connectivity index (χ1v) is 12.5. The van der Waals surface area contributed by atoms with E-state index >= 15 is 0 Å². The molecule has 2 heterocycles. The van der Waals surface area contributed by atoms with Gasteiger partial charge in [0.05, 0.1) is 6.61 Å². The number of unbranched alkanes of at least 4 members (excludes halogenated alkanes) is 1. The number of hydrogen-bond donors (Lipinski definition) is 2. The van der Waals surface area contributed by atoms with Crippen LogP contribution in [0.25, 0.3) is 11.1 Å². The first-order chi connectivity index (χ1) is 13.0. The number of aromatic nitrogens is 2. The predicted octanol–water partition coefficient (Wildman–Crippen LogP) is 4.14. The van der Waals surface area contributed by atoms with Gasteiger partial charge in [-0.25, -0.2) is 4.98 Å². The van der Waals surface area contributed by atoms with Crippen LogP contribution in [0.4, 0.5) is 0 Å². The minimum atomic E-state index is -2.16. The number of H-pyrrole nitrogens is 1. The second-order valence-electron chi connectivity index (χ2n) is 8.30. The number of nitrogens with one attached hydrogen (secondary N) is 1. The monoisotopic (exact) mass is 399 g/mol. The molecule has 0 saturated heterocycles. The van der Waals surface area contributed by atoms with Crippen molar-refractivity contribution in [2.75, 3.05) is 6.61 Å². The molecule has 2 N–H and O–H groups in total. The molecule has 2 aromatic heterocycles. The number of rotatable bonds is 8. The molecule has 0 aliphatic carbocycles. The summed E-state index contributed by atoms with van der Waals surface area (Å²) in [6.07, 6.45) is 4.56. The van der Waals surface area contributed by atoms with E-state index in [-0.39, 0.29) is 16.2 Å². The predicted molar refractivity (Wildman–Crippen MR) is 113 cm³/mol. The summed E-state index contributed by atoms with van der Waals surface area (Å²) in [7, 11) is -2.16. The van der Waals surface area contributed by atoms with Crippen LogP contribution in [-0.4, -0.2) is 29.7 Å². The highest BCUT2D eigenvalue weighted by atomic mass is 28.4. The fourth-order valence-corrected chi connectivity index (χ4v) is 3.57. The number of aryl methyl sites for hydroxylation is 1. The third kappa shape index (κ3) is 5.30. The fraction of sp³-hybridized carbons (Fsp3) is 0.476. The molecule has 0 radical (unpaired) electrons. The van der Waals surface area contributed by atoms with Crippen molar-refractivity contribution in [3.8, 4) is 23.1 Å². The first-order valence-electron chi connectivity index (χ1n) is 9.51. The van der Waals surface area contributed by atoms with Crippen LogP contribution in [0, 0.1) is 18.3 Å². The molecular formula is C21H29N3O3Si. The van der Waals surface area contributed by atoms with E-state index in [0.717, 1.165) is 30.4 Å². The van der Waals surface area contributed by atoms with Crippen molar-refractivity contribution in [1.82, 2.24) is 9.97 Å². The summed E-state index contributed by atoms with van der Waals surface area (Å²) in [5, 5.41) is 9.03. The maximum absolute atomic E-state index is 11.7. The van der Waals surface area contributed by atoms with Crippen LogP contribution >= 0.6 is 0 Å². The molecule has 0 amide bonds. The van der Waals surface area contributed by atoms with Crippen LogP contribution in [-0.2, 0) is 0 Å². The van der Waals surface area contributed by atoms with Crippen molar-refractivity contribution in [1.29, 1.82) is 5.26 Å². The van der Waals surface area contributed by atoms with Crippen LogP contribution in [0.1, 0.15) is 44.4 Å². The van der Waals surface area contributed by atoms with E-state index in [1.807, 2.05) is 25.2 Å². The average molecular weight is 400 g/mol. The Labute approximate surface area is 167 Å². The molecule has 150 valence electrons. The highest BCUT2D eigenvalue weighted by Crippen LogP contribution is 2.40. The Bertz CT molecular complexity index is 906. The van der Waals surface area contributed by atoms with Gasteiger partial charge in [-0.1, -0.05) is 13.8 Å². The minimum absolute atomic E-state index is 0.0102. The standard InChI is InChI=1S/C21H29N3O3Si/c1-15-18(12-17(13-22)20(25)24-15)16-8-9-19(23-14-16)27-11-7-6-10-21(2,3)28(4,5)26/h8-9,12,14,26H,6-7,10-11H2,1-5H3,(H,24,25). The Morgan fingerprint density at radius 2 is 2.04 bits per heavy atom. The highest BCUT2D eigenvalue weighted by molar-refractivity contribution is 6.72. The third-order valence-electron chi connectivity index (χ3n) is 5.51. The molecule has 2 rings (SSSR count). The van der Waals surface area contributed by atoms with Crippen molar-refractivity contribution in [3.05, 3.63) is 46.0 Å². The van der Waals surface area contributed by atoms with E-state index in [1.165, 1.54) is 0 Å². The van der Waals surface area contributed by atoms with Gasteiger partial charge in [-0.2, -0.15) is 5.26 Å². The van der Waals surface area contributed by atoms with E-state index in [2.05, 4.69) is 23.8 Å². The number of hydrogen-bond acceptors (Lipinski definition) is 5. The van der Waals surface area contributed by atoms with Gasteiger partial charge in [-0.05, 0) is 56.5 Å². The van der Waals surface area contributed by atoms with Crippen molar-refractivity contribution in [2.24, 2.45) is 0 Å². The van der Waals surface area contributed by atoms with Gasteiger partial charge in [0.1, 0.15) is 11.6 Å². The Morgan fingerprint density at radius 1 is 1.32 bits per heavy atom. The van der Waals surface area contributed by atoms with E-state index in [9.17, 15) is 9.59 Å². The Morgan fingerprint density at radius 3 is 2.61 bits per heavy atom. The molecular weight excluding hydrogens is 370 g/mol. The Kier molecular flexibility index (Phi) is 6.81. The van der Waals surface area contributed by atoms with Crippen molar-refractivity contribution >= 4 is 8.32 Å². The second-order valence-corrected chi connectivity index (χ2v) is 12.8. The molecule has 0 aliphatic rings. The van der Waals surface area contributed by atoms with Gasteiger partial charge in [-0.3, -0.25) is 4.79 Å². The summed E-state index contributed by atoms with van der Waals surface area (Å²) >= 11 is 0. The molecule has 0 atom stereocenters. The van der Waals surface area contributed by atoms with E-state index in [4.69, 9.17) is 10.00 Å². The van der Waals surface area contributed by atoms with Crippen LogP contribution in [0.15, 0.2) is 29.2 Å². The molecule has 2 aromatic rings. The van der Waals surface area contributed by atoms with Gasteiger partial charge in [0.15, 0.2) is 8.32 Å². The van der Waals surface area contributed by atoms with Crippen LogP contribution in [0.2, 0.25) is 18.1 Å². The van der Waals surface area contributed by atoms with Crippen LogP contribution in [0.5, 0.6) is 5.88 Å². The highest BCUT2D eigenvalue weighted by Gasteiger charge is 2.37. The van der Waals surface area contributed by atoms with E-state index in [0.29, 0.717) is 18.2 Å². The third-order valence-corrected chi connectivity index (χ3v) is 9.07. The Hall–Kier alpha value is -2.43. The Balaban J connectivity index is 1.92. The van der Waals surface area contributed by atoms with E-state index in [1.54, 1.807) is 25.3 Å². The lowest BCUT2D eigenvalue weighted by Gasteiger charge is -2.35. The van der Waals surface area contributed by atoms with Gasteiger partial charge in [0.2, 0.25) is 5.88 Å². The normalized spacial score (nSPS) is 11.9. The lowest BCUT2D eigenvalue weighted by Crippen LogP contribution is -2.38. The summed E-state index contributed by atoms with van der Waals surface area (Å²) in [5.41, 5.74) is 1.98. The second kappa shape index (κ2) is 8.72. The average Bonchev–Trinajstić information content (AvgIpc) is 2.61. The number of nitrogens with zero attached hydrogens (tertiary/aromatic N) is 2. The SMILES string of the molecule is Cc1[nH]c(=O)c(C#N)cc1-c1ccc(OCCCCC(C)(C)[Si](C)(C)O)nc1. The molecule has 0 spiro atoms.